The lowest BCUT2D eigenvalue weighted by Crippen LogP contribution is -2.07. The fourth-order valence-corrected chi connectivity index (χ4v) is 2.60. The molecule has 0 aliphatic carbocycles. The molecule has 0 spiro atoms. The summed E-state index contributed by atoms with van der Waals surface area (Å²) in [5, 5.41) is 0. The fourth-order valence-electron chi connectivity index (χ4n) is 2.60. The van der Waals surface area contributed by atoms with E-state index < -0.39 is 0 Å². The molecule has 0 fully saturated rings. The molecule has 0 saturated carbocycles. The first-order chi connectivity index (χ1) is 11.6. The molecule has 2 aromatic carbocycles. The molecular weight excluding hydrogens is 302 g/mol. The SMILES string of the molecule is COc1cc(OC)cc(-c2nc[nH]c2-c2ccc(N(C)C)cc2)c1. The van der Waals surface area contributed by atoms with Crippen LogP contribution in [0.15, 0.2) is 48.8 Å². The Kier molecular flexibility index (Phi) is 4.42. The van der Waals surface area contributed by atoms with Crippen LogP contribution in [0.25, 0.3) is 22.5 Å². The lowest BCUT2D eigenvalue weighted by Gasteiger charge is -2.13. The van der Waals surface area contributed by atoms with Gasteiger partial charge >= 0.3 is 0 Å². The first kappa shape index (κ1) is 15.9. The molecule has 0 radical (unpaired) electrons. The van der Waals surface area contributed by atoms with Crippen molar-refractivity contribution in [2.45, 2.75) is 0 Å². The number of benzene rings is 2. The second-order valence-corrected chi connectivity index (χ2v) is 5.67. The molecule has 5 nitrogen and oxygen atoms in total. The van der Waals surface area contributed by atoms with Gasteiger partial charge in [0, 0.05) is 37.0 Å². The number of aromatic nitrogens is 2. The highest BCUT2D eigenvalue weighted by Crippen LogP contribution is 2.34. The van der Waals surface area contributed by atoms with Crippen LogP contribution < -0.4 is 14.4 Å². The molecule has 1 N–H and O–H groups in total. The van der Waals surface area contributed by atoms with Crippen molar-refractivity contribution in [3.05, 3.63) is 48.8 Å². The number of hydrogen-bond acceptors (Lipinski definition) is 4. The van der Waals surface area contributed by atoms with E-state index in [9.17, 15) is 0 Å². The number of anilines is 1. The Balaban J connectivity index is 2.04. The van der Waals surface area contributed by atoms with Crippen LogP contribution in [-0.4, -0.2) is 38.3 Å². The summed E-state index contributed by atoms with van der Waals surface area (Å²) >= 11 is 0. The molecular formula is C19H21N3O2. The first-order valence-electron chi connectivity index (χ1n) is 7.67. The fraction of sp³-hybridized carbons (Fsp3) is 0.211. The van der Waals surface area contributed by atoms with Crippen LogP contribution >= 0.6 is 0 Å². The molecule has 24 heavy (non-hydrogen) atoms. The number of aromatic amines is 1. The quantitative estimate of drug-likeness (QED) is 0.775. The average molecular weight is 323 g/mol. The molecule has 0 bridgehead atoms. The molecule has 0 amide bonds. The maximum Gasteiger partial charge on any atom is 0.123 e. The highest BCUT2D eigenvalue weighted by Gasteiger charge is 2.13. The zero-order valence-corrected chi connectivity index (χ0v) is 14.3. The molecule has 0 atom stereocenters. The topological polar surface area (TPSA) is 50.4 Å². The van der Waals surface area contributed by atoms with E-state index >= 15 is 0 Å². The van der Waals surface area contributed by atoms with Gasteiger partial charge in [-0.3, -0.25) is 0 Å². The van der Waals surface area contributed by atoms with Crippen molar-refractivity contribution < 1.29 is 9.47 Å². The summed E-state index contributed by atoms with van der Waals surface area (Å²) in [5.74, 6) is 1.47. The van der Waals surface area contributed by atoms with Crippen molar-refractivity contribution in [1.82, 2.24) is 9.97 Å². The van der Waals surface area contributed by atoms with Gasteiger partial charge in [0.25, 0.3) is 0 Å². The molecule has 0 unspecified atom stereocenters. The summed E-state index contributed by atoms with van der Waals surface area (Å²) in [7, 11) is 7.34. The van der Waals surface area contributed by atoms with E-state index in [4.69, 9.17) is 9.47 Å². The van der Waals surface area contributed by atoms with E-state index in [2.05, 4.69) is 39.1 Å². The maximum atomic E-state index is 5.36. The molecule has 0 aliphatic heterocycles. The van der Waals surface area contributed by atoms with E-state index in [0.717, 1.165) is 39.7 Å². The molecule has 1 aromatic heterocycles. The number of rotatable bonds is 5. The van der Waals surface area contributed by atoms with Gasteiger partial charge in [-0.25, -0.2) is 4.98 Å². The third kappa shape index (κ3) is 3.06. The Bertz CT molecular complexity index is 801. The predicted octanol–water partition coefficient (Wildman–Crippen LogP) is 3.83. The lowest BCUT2D eigenvalue weighted by molar-refractivity contribution is 0.394. The van der Waals surface area contributed by atoms with Crippen LogP contribution in [0.4, 0.5) is 5.69 Å². The zero-order chi connectivity index (χ0) is 17.1. The van der Waals surface area contributed by atoms with E-state index in [1.807, 2.05) is 32.3 Å². The molecule has 1 heterocycles. The predicted molar refractivity (Wildman–Crippen MR) is 96.9 cm³/mol. The Morgan fingerprint density at radius 1 is 0.875 bits per heavy atom. The first-order valence-corrected chi connectivity index (χ1v) is 7.67. The van der Waals surface area contributed by atoms with Crippen molar-refractivity contribution in [3.8, 4) is 34.0 Å². The minimum Gasteiger partial charge on any atom is -0.497 e. The van der Waals surface area contributed by atoms with Crippen molar-refractivity contribution in [2.24, 2.45) is 0 Å². The van der Waals surface area contributed by atoms with Crippen molar-refractivity contribution in [2.75, 3.05) is 33.2 Å². The zero-order valence-electron chi connectivity index (χ0n) is 14.3. The third-order valence-electron chi connectivity index (χ3n) is 3.94. The minimum atomic E-state index is 0.737. The molecule has 3 aromatic rings. The van der Waals surface area contributed by atoms with Gasteiger partial charge in [0.05, 0.1) is 31.9 Å². The monoisotopic (exact) mass is 323 g/mol. The molecule has 124 valence electrons. The smallest absolute Gasteiger partial charge is 0.123 e. The standard InChI is InChI=1S/C19H21N3O2/c1-22(2)15-7-5-13(6-8-15)18-19(21-12-20-18)14-9-16(23-3)11-17(10-14)24-4/h5-12H,1-4H3,(H,20,21). The number of hydrogen-bond donors (Lipinski definition) is 1. The van der Waals surface area contributed by atoms with E-state index in [-0.39, 0.29) is 0 Å². The Morgan fingerprint density at radius 3 is 2.04 bits per heavy atom. The normalized spacial score (nSPS) is 10.5. The van der Waals surface area contributed by atoms with Gasteiger partial charge in [0.1, 0.15) is 11.5 Å². The van der Waals surface area contributed by atoms with E-state index in [0.29, 0.717) is 0 Å². The number of H-pyrrole nitrogens is 1. The highest BCUT2D eigenvalue weighted by atomic mass is 16.5. The summed E-state index contributed by atoms with van der Waals surface area (Å²) in [6.45, 7) is 0. The molecule has 5 heteroatoms. The molecule has 0 saturated heterocycles. The van der Waals surface area contributed by atoms with Gasteiger partial charge < -0.3 is 19.4 Å². The second-order valence-electron chi connectivity index (χ2n) is 5.67. The van der Waals surface area contributed by atoms with Gasteiger partial charge in [-0.1, -0.05) is 12.1 Å². The van der Waals surface area contributed by atoms with Crippen molar-refractivity contribution in [1.29, 1.82) is 0 Å². The number of nitrogens with zero attached hydrogens (tertiary/aromatic N) is 2. The van der Waals surface area contributed by atoms with Gasteiger partial charge in [-0.2, -0.15) is 0 Å². The van der Waals surface area contributed by atoms with Crippen molar-refractivity contribution in [3.63, 3.8) is 0 Å². The Labute approximate surface area is 141 Å². The number of ether oxygens (including phenoxy) is 2. The molecule has 3 rings (SSSR count). The van der Waals surface area contributed by atoms with Crippen LogP contribution in [0.1, 0.15) is 0 Å². The van der Waals surface area contributed by atoms with Gasteiger partial charge in [-0.05, 0) is 24.3 Å². The summed E-state index contributed by atoms with van der Waals surface area (Å²) in [5.41, 5.74) is 5.01. The van der Waals surface area contributed by atoms with Crippen LogP contribution in [-0.2, 0) is 0 Å². The Morgan fingerprint density at radius 2 is 1.50 bits per heavy atom. The maximum absolute atomic E-state index is 5.36. The van der Waals surface area contributed by atoms with Crippen molar-refractivity contribution >= 4 is 5.69 Å². The Hall–Kier alpha value is -2.95. The van der Waals surface area contributed by atoms with Crippen LogP contribution in [0.5, 0.6) is 11.5 Å². The summed E-state index contributed by atoms with van der Waals surface area (Å²) < 4.78 is 10.7. The highest BCUT2D eigenvalue weighted by molar-refractivity contribution is 5.80. The van der Waals surface area contributed by atoms with Crippen LogP contribution in [0.2, 0.25) is 0 Å². The van der Waals surface area contributed by atoms with Crippen LogP contribution in [0, 0.1) is 0 Å². The minimum absolute atomic E-state index is 0.737. The largest absolute Gasteiger partial charge is 0.497 e. The average Bonchev–Trinajstić information content (AvgIpc) is 3.11. The van der Waals surface area contributed by atoms with E-state index in [1.165, 1.54) is 0 Å². The molecule has 0 aliphatic rings. The van der Waals surface area contributed by atoms with Crippen LogP contribution in [0.3, 0.4) is 0 Å². The van der Waals surface area contributed by atoms with E-state index in [1.54, 1.807) is 20.5 Å². The third-order valence-corrected chi connectivity index (χ3v) is 3.94. The van der Waals surface area contributed by atoms with Gasteiger partial charge in [-0.15, -0.1) is 0 Å². The number of imidazole rings is 1. The summed E-state index contributed by atoms with van der Waals surface area (Å²) in [4.78, 5) is 9.81. The van der Waals surface area contributed by atoms with Gasteiger partial charge in [0.2, 0.25) is 0 Å². The summed E-state index contributed by atoms with van der Waals surface area (Å²) in [6.07, 6.45) is 1.70. The number of nitrogens with one attached hydrogen (secondary N) is 1. The second kappa shape index (κ2) is 6.66. The summed E-state index contributed by atoms with van der Waals surface area (Å²) in [6, 6.07) is 14.1. The number of methoxy groups -OCH3 is 2. The lowest BCUT2D eigenvalue weighted by atomic mass is 10.0. The van der Waals surface area contributed by atoms with Gasteiger partial charge in [0.15, 0.2) is 0 Å².